The van der Waals surface area contributed by atoms with Crippen molar-refractivity contribution in [1.29, 1.82) is 0 Å². The summed E-state index contributed by atoms with van der Waals surface area (Å²) in [6, 6.07) is 19.3. The molecule has 0 atom stereocenters. The molecule has 4 rings (SSSR count). The van der Waals surface area contributed by atoms with Gasteiger partial charge in [-0.2, -0.15) is 0 Å². The number of nitro benzene ring substituents is 1. The third kappa shape index (κ3) is 6.91. The standard InChI is InChI=1S/C27H23BrN4O6S/c1-38-15-3-14-31-26(34)23(29-19-10-8-18(28)9-11-19)24(27(31)35)39-22-5-2-4-20(16-22)30-25(33)17-6-12-21(13-7-17)32(36)37/h2,4-13,16,29H,3,14-15H2,1H3,(H,30,33). The largest absolute Gasteiger partial charge is 0.385 e. The molecule has 0 fully saturated rings. The molecule has 1 aliphatic heterocycles. The summed E-state index contributed by atoms with van der Waals surface area (Å²) in [5, 5.41) is 16.7. The zero-order chi connectivity index (χ0) is 27.9. The van der Waals surface area contributed by atoms with E-state index in [1.54, 1.807) is 43.5 Å². The maximum atomic E-state index is 13.3. The topological polar surface area (TPSA) is 131 Å². The molecule has 0 radical (unpaired) electrons. The number of non-ortho nitro benzene ring substituents is 1. The number of nitrogens with zero attached hydrogens (tertiary/aromatic N) is 2. The van der Waals surface area contributed by atoms with Gasteiger partial charge in [0.25, 0.3) is 23.4 Å². The molecule has 0 aromatic heterocycles. The lowest BCUT2D eigenvalue weighted by Gasteiger charge is -2.14. The molecular formula is C27H23BrN4O6S. The number of nitro groups is 1. The van der Waals surface area contributed by atoms with Gasteiger partial charge < -0.3 is 15.4 Å². The predicted molar refractivity (Wildman–Crippen MR) is 151 cm³/mol. The van der Waals surface area contributed by atoms with E-state index in [4.69, 9.17) is 4.74 Å². The van der Waals surface area contributed by atoms with Crippen LogP contribution in [0, 0.1) is 10.1 Å². The van der Waals surface area contributed by atoms with Crippen molar-refractivity contribution in [2.24, 2.45) is 0 Å². The van der Waals surface area contributed by atoms with Crippen molar-refractivity contribution in [3.8, 4) is 0 Å². The van der Waals surface area contributed by atoms with E-state index in [1.165, 1.54) is 29.2 Å². The second-order valence-corrected chi connectivity index (χ2v) is 10.3. The van der Waals surface area contributed by atoms with Gasteiger partial charge in [0, 0.05) is 58.7 Å². The highest BCUT2D eigenvalue weighted by Crippen LogP contribution is 2.37. The maximum Gasteiger partial charge on any atom is 0.278 e. The molecule has 1 aliphatic rings. The van der Waals surface area contributed by atoms with Gasteiger partial charge in [0.2, 0.25) is 0 Å². The third-order valence-corrected chi connectivity index (χ3v) is 7.22. The van der Waals surface area contributed by atoms with Crippen LogP contribution in [0.25, 0.3) is 0 Å². The molecular weight excluding hydrogens is 588 g/mol. The van der Waals surface area contributed by atoms with E-state index in [2.05, 4.69) is 26.6 Å². The van der Waals surface area contributed by atoms with Crippen LogP contribution in [-0.4, -0.2) is 47.8 Å². The van der Waals surface area contributed by atoms with Crippen molar-refractivity contribution in [1.82, 2.24) is 4.90 Å². The zero-order valence-electron chi connectivity index (χ0n) is 20.7. The van der Waals surface area contributed by atoms with Crippen LogP contribution in [0.2, 0.25) is 0 Å². The van der Waals surface area contributed by atoms with Crippen molar-refractivity contribution in [2.45, 2.75) is 11.3 Å². The van der Waals surface area contributed by atoms with Gasteiger partial charge in [-0.1, -0.05) is 33.8 Å². The molecule has 0 unspecified atom stereocenters. The highest BCUT2D eigenvalue weighted by atomic mass is 79.9. The van der Waals surface area contributed by atoms with E-state index >= 15 is 0 Å². The average molecular weight is 611 g/mol. The summed E-state index contributed by atoms with van der Waals surface area (Å²) in [7, 11) is 1.56. The first kappa shape index (κ1) is 28.0. The molecule has 3 aromatic carbocycles. The van der Waals surface area contributed by atoms with Crippen LogP contribution >= 0.6 is 27.7 Å². The van der Waals surface area contributed by atoms with E-state index in [-0.39, 0.29) is 28.4 Å². The smallest absolute Gasteiger partial charge is 0.278 e. The van der Waals surface area contributed by atoms with Gasteiger partial charge >= 0.3 is 0 Å². The Morgan fingerprint density at radius 1 is 1.03 bits per heavy atom. The number of amides is 3. The number of ether oxygens (including phenoxy) is 1. The Morgan fingerprint density at radius 3 is 2.41 bits per heavy atom. The Morgan fingerprint density at radius 2 is 1.74 bits per heavy atom. The fourth-order valence-electron chi connectivity index (χ4n) is 3.70. The van der Waals surface area contributed by atoms with E-state index in [1.807, 2.05) is 12.1 Å². The average Bonchev–Trinajstić information content (AvgIpc) is 3.14. The summed E-state index contributed by atoms with van der Waals surface area (Å²) in [6.45, 7) is 0.623. The second kappa shape index (κ2) is 12.7. The Balaban J connectivity index is 1.56. The molecule has 0 aliphatic carbocycles. The number of imide groups is 1. The minimum atomic E-state index is -0.537. The van der Waals surface area contributed by atoms with E-state index in [0.717, 1.165) is 16.2 Å². The highest BCUT2D eigenvalue weighted by molar-refractivity contribution is 9.10. The Labute approximate surface area is 236 Å². The zero-order valence-corrected chi connectivity index (χ0v) is 23.1. The molecule has 2 N–H and O–H groups in total. The van der Waals surface area contributed by atoms with Gasteiger partial charge in [0.15, 0.2) is 0 Å². The molecule has 0 saturated heterocycles. The molecule has 0 saturated carbocycles. The normalized spacial score (nSPS) is 13.1. The summed E-state index contributed by atoms with van der Waals surface area (Å²) in [5.74, 6) is -1.29. The number of methoxy groups -OCH3 is 1. The summed E-state index contributed by atoms with van der Waals surface area (Å²) in [4.78, 5) is 51.6. The van der Waals surface area contributed by atoms with Crippen LogP contribution in [0.3, 0.4) is 0 Å². The number of halogens is 1. The third-order valence-electron chi connectivity index (χ3n) is 5.62. The van der Waals surface area contributed by atoms with E-state index in [0.29, 0.717) is 29.3 Å². The summed E-state index contributed by atoms with van der Waals surface area (Å²) >= 11 is 4.50. The lowest BCUT2D eigenvalue weighted by molar-refractivity contribution is -0.384. The fraction of sp³-hybridized carbons (Fsp3) is 0.148. The van der Waals surface area contributed by atoms with Gasteiger partial charge in [0.1, 0.15) is 10.6 Å². The number of thioether (sulfide) groups is 1. The number of rotatable bonds is 11. The number of carbonyl (C=O) groups excluding carboxylic acids is 3. The van der Waals surface area contributed by atoms with Crippen molar-refractivity contribution in [3.05, 3.63) is 104 Å². The summed E-state index contributed by atoms with van der Waals surface area (Å²) in [5.41, 5.74) is 1.42. The van der Waals surface area contributed by atoms with Gasteiger partial charge in [-0.05, 0) is 61.0 Å². The SMILES string of the molecule is COCCCN1C(=O)C(Nc2ccc(Br)cc2)=C(Sc2cccc(NC(=O)c3ccc([N+](=O)[O-])cc3)c2)C1=O. The van der Waals surface area contributed by atoms with Crippen LogP contribution in [0.15, 0.2) is 92.8 Å². The molecule has 0 spiro atoms. The maximum absolute atomic E-state index is 13.3. The Kier molecular flexibility index (Phi) is 9.12. The molecule has 39 heavy (non-hydrogen) atoms. The van der Waals surface area contributed by atoms with Crippen molar-refractivity contribution in [2.75, 3.05) is 30.9 Å². The number of nitrogens with one attached hydrogen (secondary N) is 2. The Bertz CT molecular complexity index is 1440. The molecule has 10 nitrogen and oxygen atoms in total. The summed E-state index contributed by atoms with van der Waals surface area (Å²) < 4.78 is 5.94. The predicted octanol–water partition coefficient (Wildman–Crippen LogP) is 5.43. The van der Waals surface area contributed by atoms with Crippen LogP contribution in [-0.2, 0) is 14.3 Å². The first-order valence-corrected chi connectivity index (χ1v) is 13.3. The summed E-state index contributed by atoms with van der Waals surface area (Å²) in [6.07, 6.45) is 0.502. The van der Waals surface area contributed by atoms with Gasteiger partial charge in [-0.3, -0.25) is 29.4 Å². The highest BCUT2D eigenvalue weighted by Gasteiger charge is 2.38. The quantitative estimate of drug-likeness (QED) is 0.127. The van der Waals surface area contributed by atoms with Crippen molar-refractivity contribution in [3.63, 3.8) is 0 Å². The van der Waals surface area contributed by atoms with E-state index < -0.39 is 22.6 Å². The number of carbonyl (C=O) groups is 3. The monoisotopic (exact) mass is 610 g/mol. The van der Waals surface area contributed by atoms with Crippen LogP contribution in [0.4, 0.5) is 17.1 Å². The molecule has 1 heterocycles. The molecule has 3 aromatic rings. The lowest BCUT2D eigenvalue weighted by atomic mass is 10.2. The first-order valence-electron chi connectivity index (χ1n) is 11.7. The number of hydrogen-bond donors (Lipinski definition) is 2. The first-order chi connectivity index (χ1) is 18.8. The minimum absolute atomic E-state index is 0.113. The lowest BCUT2D eigenvalue weighted by Crippen LogP contribution is -2.33. The van der Waals surface area contributed by atoms with Crippen LogP contribution < -0.4 is 10.6 Å². The Hall–Kier alpha value is -4.00. The molecule has 0 bridgehead atoms. The van der Waals surface area contributed by atoms with Gasteiger partial charge in [0.05, 0.1) is 4.92 Å². The number of benzene rings is 3. The number of hydrogen-bond acceptors (Lipinski definition) is 8. The minimum Gasteiger partial charge on any atom is -0.385 e. The fourth-order valence-corrected chi connectivity index (χ4v) is 4.97. The van der Waals surface area contributed by atoms with Crippen molar-refractivity contribution >= 4 is 62.5 Å². The van der Waals surface area contributed by atoms with Crippen LogP contribution in [0.5, 0.6) is 0 Å². The molecule has 3 amide bonds. The molecule has 200 valence electrons. The molecule has 12 heteroatoms. The van der Waals surface area contributed by atoms with Crippen molar-refractivity contribution < 1.29 is 24.0 Å². The van der Waals surface area contributed by atoms with Gasteiger partial charge in [-0.15, -0.1) is 0 Å². The van der Waals surface area contributed by atoms with E-state index in [9.17, 15) is 24.5 Å². The second-order valence-electron chi connectivity index (χ2n) is 8.33. The van der Waals surface area contributed by atoms with Gasteiger partial charge in [-0.25, -0.2) is 0 Å². The number of anilines is 2. The van der Waals surface area contributed by atoms with Crippen LogP contribution in [0.1, 0.15) is 16.8 Å².